The van der Waals surface area contributed by atoms with Crippen molar-refractivity contribution in [3.63, 3.8) is 0 Å². The first kappa shape index (κ1) is 11.2. The number of rotatable bonds is 1. The first-order valence-corrected chi connectivity index (χ1v) is 6.49. The first-order valence-electron chi connectivity index (χ1n) is 5.68. The molecule has 3 rings (SSSR count). The van der Waals surface area contributed by atoms with E-state index >= 15 is 0 Å². The van der Waals surface area contributed by atoms with E-state index in [0.29, 0.717) is 0 Å². The van der Waals surface area contributed by atoms with Crippen molar-refractivity contribution in [3.05, 3.63) is 42.5 Å². The maximum absolute atomic E-state index is 11.0. The van der Waals surface area contributed by atoms with Gasteiger partial charge in [0, 0.05) is 22.4 Å². The molecule has 2 aromatic carbocycles. The fourth-order valence-corrected chi connectivity index (χ4v) is 2.89. The Hall–Kier alpha value is -1.94. The summed E-state index contributed by atoms with van der Waals surface area (Å²) < 4.78 is 0. The number of fused-ring (bicyclic) bond motifs is 2. The maximum Gasteiger partial charge on any atom is 0.221 e. The zero-order chi connectivity index (χ0) is 12.5. The third kappa shape index (κ3) is 2.07. The highest BCUT2D eigenvalue weighted by Gasteiger charge is 2.15. The minimum atomic E-state index is -0.0567. The van der Waals surface area contributed by atoms with E-state index in [4.69, 9.17) is 0 Å². The van der Waals surface area contributed by atoms with Crippen LogP contribution in [0.5, 0.6) is 0 Å². The number of amides is 1. The number of hydrogen-bond donors (Lipinski definition) is 2. The molecule has 1 aliphatic heterocycles. The van der Waals surface area contributed by atoms with Gasteiger partial charge in [-0.05, 0) is 30.3 Å². The maximum atomic E-state index is 11.0. The normalized spacial score (nSPS) is 12.1. The highest BCUT2D eigenvalue weighted by atomic mass is 32.2. The zero-order valence-electron chi connectivity index (χ0n) is 9.86. The van der Waals surface area contributed by atoms with Crippen LogP contribution in [0, 0.1) is 0 Å². The predicted octanol–water partition coefficient (Wildman–Crippen LogP) is 3.85. The third-order valence-corrected chi connectivity index (χ3v) is 3.83. The van der Waals surface area contributed by atoms with Gasteiger partial charge in [-0.3, -0.25) is 4.79 Å². The number of nitrogens with one attached hydrogen (secondary N) is 2. The van der Waals surface area contributed by atoms with Crippen LogP contribution in [0.1, 0.15) is 6.92 Å². The molecule has 0 fully saturated rings. The van der Waals surface area contributed by atoms with Crippen LogP contribution in [-0.2, 0) is 4.79 Å². The molecule has 1 aliphatic rings. The molecule has 4 heteroatoms. The van der Waals surface area contributed by atoms with Gasteiger partial charge in [-0.15, -0.1) is 0 Å². The topological polar surface area (TPSA) is 41.1 Å². The molecule has 0 atom stereocenters. The molecule has 0 unspecified atom stereocenters. The quantitative estimate of drug-likeness (QED) is 0.694. The number of carbonyl (C=O) groups excluding carboxylic acids is 1. The molecule has 3 nitrogen and oxygen atoms in total. The van der Waals surface area contributed by atoms with E-state index in [1.165, 1.54) is 16.7 Å². The number of hydrogen-bond acceptors (Lipinski definition) is 3. The lowest BCUT2D eigenvalue weighted by Crippen LogP contribution is -2.07. The van der Waals surface area contributed by atoms with Gasteiger partial charge in [-0.25, -0.2) is 0 Å². The Morgan fingerprint density at radius 2 is 1.89 bits per heavy atom. The van der Waals surface area contributed by atoms with Gasteiger partial charge in [0.25, 0.3) is 0 Å². The summed E-state index contributed by atoms with van der Waals surface area (Å²) in [5, 5.41) is 6.17. The average molecular weight is 256 g/mol. The van der Waals surface area contributed by atoms with Gasteiger partial charge in [0.1, 0.15) is 0 Å². The predicted molar refractivity (Wildman–Crippen MR) is 74.6 cm³/mol. The smallest absolute Gasteiger partial charge is 0.221 e. The van der Waals surface area contributed by atoms with Crippen LogP contribution in [0.3, 0.4) is 0 Å². The molecule has 0 aromatic heterocycles. The second-order valence-corrected chi connectivity index (χ2v) is 5.20. The van der Waals surface area contributed by atoms with Crippen LogP contribution in [0.2, 0.25) is 0 Å². The summed E-state index contributed by atoms with van der Waals surface area (Å²) in [6, 6.07) is 14.1. The Bertz CT molecular complexity index is 625. The fourth-order valence-electron chi connectivity index (χ4n) is 1.92. The van der Waals surface area contributed by atoms with E-state index in [2.05, 4.69) is 22.8 Å². The van der Waals surface area contributed by atoms with Crippen LogP contribution < -0.4 is 10.6 Å². The second kappa shape index (κ2) is 4.38. The molecule has 2 aromatic rings. The van der Waals surface area contributed by atoms with Crippen molar-refractivity contribution >= 4 is 34.7 Å². The van der Waals surface area contributed by atoms with Gasteiger partial charge >= 0.3 is 0 Å². The summed E-state index contributed by atoms with van der Waals surface area (Å²) in [6.45, 7) is 1.51. The van der Waals surface area contributed by atoms with Gasteiger partial charge in [-0.2, -0.15) is 0 Å². The van der Waals surface area contributed by atoms with Gasteiger partial charge in [0.15, 0.2) is 0 Å². The summed E-state index contributed by atoms with van der Waals surface area (Å²) in [6.07, 6.45) is 0. The summed E-state index contributed by atoms with van der Waals surface area (Å²) >= 11 is 1.73. The lowest BCUT2D eigenvalue weighted by atomic mass is 10.2. The molecule has 1 amide bonds. The summed E-state index contributed by atoms with van der Waals surface area (Å²) in [5.74, 6) is -0.0567. The average Bonchev–Trinajstić information content (AvgIpc) is 2.35. The molecule has 0 saturated heterocycles. The number of para-hydroxylation sites is 1. The third-order valence-electron chi connectivity index (χ3n) is 2.68. The molecule has 0 radical (unpaired) electrons. The Balaban J connectivity index is 1.96. The molecular formula is C14H12N2OS. The Morgan fingerprint density at radius 3 is 2.72 bits per heavy atom. The van der Waals surface area contributed by atoms with Crippen LogP contribution >= 0.6 is 11.8 Å². The number of carbonyl (C=O) groups is 1. The van der Waals surface area contributed by atoms with Crippen LogP contribution in [0.25, 0.3) is 0 Å². The molecule has 0 spiro atoms. The van der Waals surface area contributed by atoms with Gasteiger partial charge in [0.2, 0.25) is 5.91 Å². The molecule has 2 N–H and O–H groups in total. The summed E-state index contributed by atoms with van der Waals surface area (Å²) in [7, 11) is 0. The van der Waals surface area contributed by atoms with Crippen LogP contribution in [-0.4, -0.2) is 5.91 Å². The van der Waals surface area contributed by atoms with Gasteiger partial charge < -0.3 is 10.6 Å². The Labute approximate surface area is 110 Å². The molecular weight excluding hydrogens is 244 g/mol. The van der Waals surface area contributed by atoms with Crippen molar-refractivity contribution < 1.29 is 4.79 Å². The van der Waals surface area contributed by atoms with Crippen LogP contribution in [0.15, 0.2) is 52.3 Å². The van der Waals surface area contributed by atoms with Crippen molar-refractivity contribution in [3.8, 4) is 0 Å². The van der Waals surface area contributed by atoms with E-state index in [0.717, 1.165) is 17.1 Å². The van der Waals surface area contributed by atoms with E-state index in [9.17, 15) is 4.79 Å². The first-order chi connectivity index (χ1) is 8.72. The standard InChI is InChI=1S/C14H12N2OS/c1-9(17)15-10-6-7-14-12(8-10)16-11-4-2-3-5-13(11)18-14/h2-8,16H,1H3,(H,15,17). The molecule has 0 aliphatic carbocycles. The lowest BCUT2D eigenvalue weighted by Gasteiger charge is -2.21. The van der Waals surface area contributed by atoms with Crippen molar-refractivity contribution in [1.82, 2.24) is 0 Å². The van der Waals surface area contributed by atoms with Crippen molar-refractivity contribution in [2.75, 3.05) is 10.6 Å². The highest BCUT2D eigenvalue weighted by Crippen LogP contribution is 2.44. The van der Waals surface area contributed by atoms with E-state index in [1.54, 1.807) is 11.8 Å². The summed E-state index contributed by atoms with van der Waals surface area (Å²) in [5.41, 5.74) is 2.95. The lowest BCUT2D eigenvalue weighted by molar-refractivity contribution is -0.114. The highest BCUT2D eigenvalue weighted by molar-refractivity contribution is 7.99. The van der Waals surface area contributed by atoms with Crippen LogP contribution in [0.4, 0.5) is 17.1 Å². The molecule has 18 heavy (non-hydrogen) atoms. The second-order valence-electron chi connectivity index (χ2n) is 4.12. The van der Waals surface area contributed by atoms with Gasteiger partial charge in [0.05, 0.1) is 11.4 Å². The largest absolute Gasteiger partial charge is 0.354 e. The van der Waals surface area contributed by atoms with Crippen molar-refractivity contribution in [2.45, 2.75) is 16.7 Å². The minimum absolute atomic E-state index is 0.0567. The minimum Gasteiger partial charge on any atom is -0.354 e. The fraction of sp³-hybridized carbons (Fsp3) is 0.0714. The summed E-state index contributed by atoms with van der Waals surface area (Å²) in [4.78, 5) is 13.4. The molecule has 90 valence electrons. The Morgan fingerprint density at radius 1 is 1.11 bits per heavy atom. The van der Waals surface area contributed by atoms with E-state index in [1.807, 2.05) is 30.3 Å². The Kier molecular flexibility index (Phi) is 2.72. The van der Waals surface area contributed by atoms with E-state index < -0.39 is 0 Å². The zero-order valence-corrected chi connectivity index (χ0v) is 10.7. The van der Waals surface area contributed by atoms with Crippen molar-refractivity contribution in [2.24, 2.45) is 0 Å². The SMILES string of the molecule is CC(=O)Nc1ccc2c(c1)Nc1ccccc1S2. The van der Waals surface area contributed by atoms with Gasteiger partial charge in [-0.1, -0.05) is 23.9 Å². The van der Waals surface area contributed by atoms with E-state index in [-0.39, 0.29) is 5.91 Å². The molecule has 0 saturated carbocycles. The molecule has 0 bridgehead atoms. The number of benzene rings is 2. The van der Waals surface area contributed by atoms with Crippen molar-refractivity contribution in [1.29, 1.82) is 0 Å². The monoisotopic (exact) mass is 256 g/mol. The molecule has 1 heterocycles. The number of anilines is 3.